The van der Waals surface area contributed by atoms with Crippen LogP contribution in [-0.2, 0) is 22.5 Å². The zero-order valence-corrected chi connectivity index (χ0v) is 13.6. The molecular weight excluding hydrogens is 328 g/mol. The molecule has 2 aromatic rings. The quantitative estimate of drug-likeness (QED) is 0.835. The second kappa shape index (κ2) is 6.55. The van der Waals surface area contributed by atoms with Crippen LogP contribution in [0.1, 0.15) is 42.4 Å². The number of amides is 1. The van der Waals surface area contributed by atoms with E-state index in [1.54, 1.807) is 4.90 Å². The first-order chi connectivity index (χ1) is 12.1. The predicted octanol–water partition coefficient (Wildman–Crippen LogP) is 3.08. The molecule has 7 heteroatoms. The Hall–Kier alpha value is -2.28. The minimum atomic E-state index is -2.67. The number of rotatable bonds is 5. The summed E-state index contributed by atoms with van der Waals surface area (Å²) in [6.45, 7) is -2.11. The molecule has 1 fully saturated rings. The van der Waals surface area contributed by atoms with E-state index in [-0.39, 0.29) is 24.3 Å². The van der Waals surface area contributed by atoms with Crippen molar-refractivity contribution in [3.63, 3.8) is 0 Å². The maximum absolute atomic E-state index is 13.1. The number of carbonyl (C=O) groups is 1. The first-order valence-electron chi connectivity index (χ1n) is 8.45. The molecule has 4 rings (SSSR count). The largest absolute Gasteiger partial charge is 0.363 e. The number of aromatic nitrogens is 2. The number of carbonyl (C=O) groups excluding carboxylic acids is 1. The summed E-state index contributed by atoms with van der Waals surface area (Å²) >= 11 is 0. The van der Waals surface area contributed by atoms with Gasteiger partial charge in [0.2, 0.25) is 0 Å². The zero-order chi connectivity index (χ0) is 17.4. The van der Waals surface area contributed by atoms with E-state index in [0.717, 1.165) is 35.0 Å². The Balaban J connectivity index is 1.60. The Labute approximate surface area is 144 Å². The van der Waals surface area contributed by atoms with Crippen molar-refractivity contribution in [1.82, 2.24) is 14.5 Å². The lowest BCUT2D eigenvalue weighted by atomic mass is 9.97. The first kappa shape index (κ1) is 16.2. The van der Waals surface area contributed by atoms with Crippen molar-refractivity contribution in [3.05, 3.63) is 53.6 Å². The third kappa shape index (κ3) is 3.16. The van der Waals surface area contributed by atoms with Crippen LogP contribution in [0.2, 0.25) is 0 Å². The number of hydrogen-bond donors (Lipinski definition) is 0. The van der Waals surface area contributed by atoms with Crippen molar-refractivity contribution in [3.8, 4) is 0 Å². The molecule has 1 atom stereocenters. The molecule has 1 aliphatic carbocycles. The molecule has 2 aliphatic rings. The standard InChI is InChI=1S/C18H19F2N3O2/c19-18(20)22-9-8-21-15(22)11-23(13-5-6-13)17(24)16-14-4-2-1-3-12(14)7-10-25-16/h1-4,8-9,13,16,18H,5-7,10-11H2/t16-/m0/s1. The molecule has 25 heavy (non-hydrogen) atoms. The lowest BCUT2D eigenvalue weighted by Gasteiger charge is -2.31. The summed E-state index contributed by atoms with van der Waals surface area (Å²) in [6.07, 6.45) is 4.45. The number of fused-ring (bicyclic) bond motifs is 1. The molecule has 132 valence electrons. The fourth-order valence-corrected chi connectivity index (χ4v) is 3.32. The van der Waals surface area contributed by atoms with Crippen LogP contribution in [0, 0.1) is 0 Å². The molecule has 1 saturated carbocycles. The smallest absolute Gasteiger partial charge is 0.319 e. The molecule has 1 aromatic carbocycles. The molecule has 2 heterocycles. The summed E-state index contributed by atoms with van der Waals surface area (Å²) in [5.74, 6) is 0.0258. The van der Waals surface area contributed by atoms with Crippen molar-refractivity contribution < 1.29 is 18.3 Å². The SMILES string of the molecule is O=C([C@H]1OCCc2ccccc21)N(Cc1nccn1C(F)F)C1CC1. The van der Waals surface area contributed by atoms with Crippen molar-refractivity contribution in [2.45, 2.75) is 44.5 Å². The van der Waals surface area contributed by atoms with E-state index in [9.17, 15) is 13.6 Å². The first-order valence-corrected chi connectivity index (χ1v) is 8.45. The zero-order valence-electron chi connectivity index (χ0n) is 13.6. The van der Waals surface area contributed by atoms with Gasteiger partial charge in [-0.1, -0.05) is 24.3 Å². The van der Waals surface area contributed by atoms with Gasteiger partial charge in [0.05, 0.1) is 13.2 Å². The lowest BCUT2D eigenvalue weighted by molar-refractivity contribution is -0.146. The highest BCUT2D eigenvalue weighted by molar-refractivity contribution is 5.83. The minimum absolute atomic E-state index is 0.0723. The second-order valence-electron chi connectivity index (χ2n) is 6.43. The van der Waals surface area contributed by atoms with Crippen LogP contribution >= 0.6 is 0 Å². The number of alkyl halides is 2. The van der Waals surface area contributed by atoms with E-state index >= 15 is 0 Å². The maximum atomic E-state index is 13.1. The predicted molar refractivity (Wildman–Crippen MR) is 85.9 cm³/mol. The molecule has 1 aliphatic heterocycles. The van der Waals surface area contributed by atoms with Crippen molar-refractivity contribution in [2.24, 2.45) is 0 Å². The summed E-state index contributed by atoms with van der Waals surface area (Å²) in [4.78, 5) is 18.8. The average Bonchev–Trinajstić information content (AvgIpc) is 3.36. The Morgan fingerprint density at radius 3 is 2.92 bits per heavy atom. The van der Waals surface area contributed by atoms with Gasteiger partial charge < -0.3 is 9.64 Å². The number of ether oxygens (including phenoxy) is 1. The summed E-state index contributed by atoms with van der Waals surface area (Å²) < 4.78 is 32.7. The van der Waals surface area contributed by atoms with Crippen molar-refractivity contribution in [2.75, 3.05) is 6.61 Å². The van der Waals surface area contributed by atoms with E-state index in [1.807, 2.05) is 24.3 Å². The number of benzene rings is 1. The van der Waals surface area contributed by atoms with Gasteiger partial charge in [0.25, 0.3) is 5.91 Å². The summed E-state index contributed by atoms with van der Waals surface area (Å²) in [6, 6.07) is 7.82. The fraction of sp³-hybridized carbons (Fsp3) is 0.444. The van der Waals surface area contributed by atoms with Gasteiger partial charge >= 0.3 is 6.55 Å². The second-order valence-corrected chi connectivity index (χ2v) is 6.43. The molecule has 0 unspecified atom stereocenters. The van der Waals surface area contributed by atoms with Gasteiger partial charge in [0, 0.05) is 18.4 Å². The third-order valence-corrected chi connectivity index (χ3v) is 4.76. The van der Waals surface area contributed by atoms with Crippen LogP contribution in [0.5, 0.6) is 0 Å². The van der Waals surface area contributed by atoms with Gasteiger partial charge in [-0.3, -0.25) is 9.36 Å². The topological polar surface area (TPSA) is 47.4 Å². The highest BCUT2D eigenvalue weighted by Gasteiger charge is 2.39. The lowest BCUT2D eigenvalue weighted by Crippen LogP contribution is -2.39. The number of nitrogens with zero attached hydrogens (tertiary/aromatic N) is 3. The minimum Gasteiger partial charge on any atom is -0.363 e. The van der Waals surface area contributed by atoms with Crippen LogP contribution in [0.15, 0.2) is 36.7 Å². The molecule has 1 amide bonds. The maximum Gasteiger partial charge on any atom is 0.319 e. The average molecular weight is 347 g/mol. The van der Waals surface area contributed by atoms with Gasteiger partial charge in [-0.2, -0.15) is 8.78 Å². The van der Waals surface area contributed by atoms with Gasteiger partial charge in [-0.15, -0.1) is 0 Å². The summed E-state index contributed by atoms with van der Waals surface area (Å²) in [7, 11) is 0. The Morgan fingerprint density at radius 1 is 1.36 bits per heavy atom. The summed E-state index contributed by atoms with van der Waals surface area (Å²) in [5, 5.41) is 0. The van der Waals surface area contributed by atoms with Crippen LogP contribution in [0.3, 0.4) is 0 Å². The monoisotopic (exact) mass is 347 g/mol. The molecular formula is C18H19F2N3O2. The number of halogens is 2. The number of imidazole rings is 1. The fourth-order valence-electron chi connectivity index (χ4n) is 3.32. The highest BCUT2D eigenvalue weighted by atomic mass is 19.3. The Morgan fingerprint density at radius 2 is 2.16 bits per heavy atom. The van der Waals surface area contributed by atoms with Crippen LogP contribution in [0.25, 0.3) is 0 Å². The van der Waals surface area contributed by atoms with E-state index in [2.05, 4.69) is 4.98 Å². The van der Waals surface area contributed by atoms with Crippen molar-refractivity contribution in [1.29, 1.82) is 0 Å². The van der Waals surface area contributed by atoms with Gasteiger partial charge in [-0.25, -0.2) is 4.98 Å². The van der Waals surface area contributed by atoms with Crippen LogP contribution in [0.4, 0.5) is 8.78 Å². The molecule has 1 aromatic heterocycles. The summed E-state index contributed by atoms with van der Waals surface area (Å²) in [5.41, 5.74) is 1.98. The Kier molecular flexibility index (Phi) is 4.25. The van der Waals surface area contributed by atoms with Gasteiger partial charge in [0.1, 0.15) is 5.82 Å². The molecule has 5 nitrogen and oxygen atoms in total. The van der Waals surface area contributed by atoms with E-state index in [1.165, 1.54) is 12.4 Å². The molecule has 0 saturated heterocycles. The van der Waals surface area contributed by atoms with E-state index < -0.39 is 12.7 Å². The molecule has 0 N–H and O–H groups in total. The molecule has 0 radical (unpaired) electrons. The number of hydrogen-bond acceptors (Lipinski definition) is 3. The highest BCUT2D eigenvalue weighted by Crippen LogP contribution is 2.35. The third-order valence-electron chi connectivity index (χ3n) is 4.76. The van der Waals surface area contributed by atoms with E-state index in [0.29, 0.717) is 6.61 Å². The van der Waals surface area contributed by atoms with Crippen LogP contribution < -0.4 is 0 Å². The molecule has 0 spiro atoms. The van der Waals surface area contributed by atoms with Gasteiger partial charge in [-0.05, 0) is 30.4 Å². The van der Waals surface area contributed by atoms with Crippen molar-refractivity contribution >= 4 is 5.91 Å². The molecule has 0 bridgehead atoms. The van der Waals surface area contributed by atoms with Gasteiger partial charge in [0.15, 0.2) is 6.10 Å². The Bertz CT molecular complexity index is 773. The van der Waals surface area contributed by atoms with Crippen LogP contribution in [-0.4, -0.2) is 33.0 Å². The van der Waals surface area contributed by atoms with E-state index in [4.69, 9.17) is 4.74 Å². The normalized spacial score (nSPS) is 19.7.